The molecule has 0 aliphatic carbocycles. The second-order valence-electron chi connectivity index (χ2n) is 5.85. The zero-order valence-electron chi connectivity index (χ0n) is 15.1. The number of nitrogens with zero attached hydrogens (tertiary/aromatic N) is 2. The van der Waals surface area contributed by atoms with E-state index in [4.69, 9.17) is 5.11 Å². The van der Waals surface area contributed by atoms with Gasteiger partial charge in [-0.2, -0.15) is 4.31 Å². The average Bonchev–Trinajstić information content (AvgIpc) is 2.55. The molecule has 7 nitrogen and oxygen atoms in total. The van der Waals surface area contributed by atoms with Crippen molar-refractivity contribution in [3.05, 3.63) is 29.8 Å². The monoisotopic (exact) mass is 370 g/mol. The highest BCUT2D eigenvalue weighted by atomic mass is 32.2. The number of sulfonamides is 1. The van der Waals surface area contributed by atoms with Gasteiger partial charge in [-0.25, -0.2) is 8.42 Å². The normalized spacial score (nSPS) is 11.8. The van der Waals surface area contributed by atoms with Gasteiger partial charge in [-0.1, -0.05) is 13.8 Å². The predicted octanol–water partition coefficient (Wildman–Crippen LogP) is 2.04. The number of carboxylic acid groups (broad SMARTS) is 1. The molecule has 1 rings (SSSR count). The third-order valence-electron chi connectivity index (χ3n) is 3.90. The van der Waals surface area contributed by atoms with Crippen LogP contribution in [-0.4, -0.2) is 60.3 Å². The van der Waals surface area contributed by atoms with Crippen molar-refractivity contribution in [3.8, 4) is 0 Å². The van der Waals surface area contributed by atoms with E-state index in [2.05, 4.69) is 0 Å². The lowest BCUT2D eigenvalue weighted by Crippen LogP contribution is -2.38. The summed E-state index contributed by atoms with van der Waals surface area (Å²) in [6.07, 6.45) is -0.141. The van der Waals surface area contributed by atoms with E-state index in [1.807, 2.05) is 0 Å². The molecule has 1 aromatic carbocycles. The number of carbonyl (C=O) groups excluding carboxylic acids is 1. The van der Waals surface area contributed by atoms with Crippen LogP contribution >= 0.6 is 0 Å². The van der Waals surface area contributed by atoms with Crippen molar-refractivity contribution in [1.29, 1.82) is 0 Å². The lowest BCUT2D eigenvalue weighted by Gasteiger charge is -2.26. The first-order valence-electron chi connectivity index (χ1n) is 8.28. The van der Waals surface area contributed by atoms with Crippen molar-refractivity contribution in [3.63, 3.8) is 0 Å². The summed E-state index contributed by atoms with van der Waals surface area (Å²) >= 11 is 0. The summed E-state index contributed by atoms with van der Waals surface area (Å²) in [5.41, 5.74) is 0.331. The van der Waals surface area contributed by atoms with Crippen molar-refractivity contribution >= 4 is 21.9 Å². The summed E-state index contributed by atoms with van der Waals surface area (Å²) < 4.78 is 26.3. The second-order valence-corrected chi connectivity index (χ2v) is 7.79. The van der Waals surface area contributed by atoms with Gasteiger partial charge in [0.05, 0.1) is 11.3 Å². The molecule has 1 amide bonds. The van der Waals surface area contributed by atoms with Crippen LogP contribution in [0.5, 0.6) is 0 Å². The zero-order valence-corrected chi connectivity index (χ0v) is 15.9. The fourth-order valence-corrected chi connectivity index (χ4v) is 3.92. The molecule has 0 aliphatic rings. The number of aliphatic carboxylic acids is 1. The van der Waals surface area contributed by atoms with Crippen molar-refractivity contribution in [2.24, 2.45) is 0 Å². The third-order valence-corrected chi connectivity index (χ3v) is 5.96. The van der Waals surface area contributed by atoms with Crippen molar-refractivity contribution in [2.45, 2.75) is 45.1 Å². The topological polar surface area (TPSA) is 95.0 Å². The number of rotatable bonds is 9. The molecular formula is C17H26N2O5S. The van der Waals surface area contributed by atoms with Gasteiger partial charge in [-0.3, -0.25) is 9.59 Å². The Morgan fingerprint density at radius 1 is 1.08 bits per heavy atom. The predicted molar refractivity (Wildman–Crippen MR) is 95.0 cm³/mol. The summed E-state index contributed by atoms with van der Waals surface area (Å²) in [7, 11) is -3.57. The van der Waals surface area contributed by atoms with E-state index >= 15 is 0 Å². The Morgan fingerprint density at radius 2 is 1.60 bits per heavy atom. The molecule has 0 saturated heterocycles. The maximum absolute atomic E-state index is 12.6. The summed E-state index contributed by atoms with van der Waals surface area (Å²) in [5, 5.41) is 8.81. The van der Waals surface area contributed by atoms with Gasteiger partial charge < -0.3 is 10.0 Å². The SMILES string of the molecule is CCN(CC)S(=O)(=O)c1ccc(C(=O)N(CCC(=O)O)C(C)C)cc1. The van der Waals surface area contributed by atoms with Crippen LogP contribution in [0.2, 0.25) is 0 Å². The number of benzene rings is 1. The van der Waals surface area contributed by atoms with Gasteiger partial charge in [-0.05, 0) is 38.1 Å². The number of carbonyl (C=O) groups is 2. The van der Waals surface area contributed by atoms with Gasteiger partial charge in [0.1, 0.15) is 0 Å². The van der Waals surface area contributed by atoms with E-state index in [1.165, 1.54) is 33.5 Å². The van der Waals surface area contributed by atoms with E-state index in [1.54, 1.807) is 27.7 Å². The Kier molecular flexibility index (Phi) is 7.57. The zero-order chi connectivity index (χ0) is 19.2. The molecule has 0 aliphatic heterocycles. The van der Waals surface area contributed by atoms with Crippen LogP contribution in [-0.2, 0) is 14.8 Å². The van der Waals surface area contributed by atoms with Gasteiger partial charge in [0.15, 0.2) is 0 Å². The Bertz CT molecular complexity index is 694. The van der Waals surface area contributed by atoms with Gasteiger partial charge in [0, 0.05) is 31.2 Å². The van der Waals surface area contributed by atoms with E-state index in [0.717, 1.165) is 0 Å². The highest BCUT2D eigenvalue weighted by Crippen LogP contribution is 2.17. The molecule has 1 aromatic rings. The number of amides is 1. The fraction of sp³-hybridized carbons (Fsp3) is 0.529. The molecule has 0 atom stereocenters. The molecule has 0 saturated carbocycles. The van der Waals surface area contributed by atoms with Gasteiger partial charge in [0.2, 0.25) is 10.0 Å². The molecule has 0 radical (unpaired) electrons. The van der Waals surface area contributed by atoms with Crippen LogP contribution in [0, 0.1) is 0 Å². The van der Waals surface area contributed by atoms with E-state index in [9.17, 15) is 18.0 Å². The van der Waals surface area contributed by atoms with E-state index in [0.29, 0.717) is 18.7 Å². The van der Waals surface area contributed by atoms with Crippen LogP contribution in [0.4, 0.5) is 0 Å². The highest BCUT2D eigenvalue weighted by molar-refractivity contribution is 7.89. The summed E-state index contributed by atoms with van der Waals surface area (Å²) in [6.45, 7) is 7.98. The summed E-state index contributed by atoms with van der Waals surface area (Å²) in [6, 6.07) is 5.60. The minimum absolute atomic E-state index is 0.103. The smallest absolute Gasteiger partial charge is 0.305 e. The molecule has 25 heavy (non-hydrogen) atoms. The highest BCUT2D eigenvalue weighted by Gasteiger charge is 2.23. The maximum atomic E-state index is 12.6. The van der Waals surface area contributed by atoms with Gasteiger partial charge >= 0.3 is 5.97 Å². The molecule has 0 heterocycles. The third kappa shape index (κ3) is 5.27. The number of hydrogen-bond donors (Lipinski definition) is 1. The Balaban J connectivity index is 3.04. The lowest BCUT2D eigenvalue weighted by atomic mass is 10.1. The van der Waals surface area contributed by atoms with E-state index < -0.39 is 16.0 Å². The molecule has 140 valence electrons. The quantitative estimate of drug-likeness (QED) is 0.718. The van der Waals surface area contributed by atoms with Crippen molar-refractivity contribution < 1.29 is 23.1 Å². The Labute approximate surface area is 149 Å². The molecule has 0 unspecified atom stereocenters. The van der Waals surface area contributed by atoms with Crippen LogP contribution in [0.25, 0.3) is 0 Å². The van der Waals surface area contributed by atoms with Crippen LogP contribution in [0.15, 0.2) is 29.2 Å². The summed E-state index contributed by atoms with van der Waals surface area (Å²) in [5.74, 6) is -1.29. The minimum atomic E-state index is -3.57. The van der Waals surface area contributed by atoms with Crippen molar-refractivity contribution in [1.82, 2.24) is 9.21 Å². The fourth-order valence-electron chi connectivity index (χ4n) is 2.46. The molecule has 0 bridgehead atoms. The molecular weight excluding hydrogens is 344 g/mol. The second kappa shape index (κ2) is 8.96. The molecule has 0 fully saturated rings. The average molecular weight is 370 g/mol. The molecule has 8 heteroatoms. The first-order valence-corrected chi connectivity index (χ1v) is 9.72. The van der Waals surface area contributed by atoms with Gasteiger partial charge in [0.25, 0.3) is 5.91 Å². The molecule has 0 spiro atoms. The van der Waals surface area contributed by atoms with Crippen LogP contribution < -0.4 is 0 Å². The Hall–Kier alpha value is -1.93. The first-order chi connectivity index (χ1) is 11.6. The largest absolute Gasteiger partial charge is 0.481 e. The minimum Gasteiger partial charge on any atom is -0.481 e. The van der Waals surface area contributed by atoms with E-state index in [-0.39, 0.29) is 29.8 Å². The van der Waals surface area contributed by atoms with Crippen molar-refractivity contribution in [2.75, 3.05) is 19.6 Å². The molecule has 1 N–H and O–H groups in total. The standard InChI is InChI=1S/C17H26N2O5S/c1-5-18(6-2)25(23,24)15-9-7-14(8-10-15)17(22)19(13(3)4)12-11-16(20)21/h7-10,13H,5-6,11-12H2,1-4H3,(H,20,21). The number of hydrogen-bond acceptors (Lipinski definition) is 4. The van der Waals surface area contributed by atoms with Crippen LogP contribution in [0.3, 0.4) is 0 Å². The first kappa shape index (κ1) is 21.1. The Morgan fingerprint density at radius 3 is 2.00 bits per heavy atom. The van der Waals surface area contributed by atoms with Crippen LogP contribution in [0.1, 0.15) is 44.5 Å². The lowest BCUT2D eigenvalue weighted by molar-refractivity contribution is -0.137. The summed E-state index contributed by atoms with van der Waals surface area (Å²) in [4.78, 5) is 24.9. The van der Waals surface area contributed by atoms with Gasteiger partial charge in [-0.15, -0.1) is 0 Å². The number of carboxylic acids is 1. The molecule has 0 aromatic heterocycles. The maximum Gasteiger partial charge on any atom is 0.305 e.